The molecule has 3 atom stereocenters. The van der Waals surface area contributed by atoms with Crippen LogP contribution in [-0.4, -0.2) is 37.1 Å². The Labute approximate surface area is 191 Å². The number of fused-ring (bicyclic) bond motifs is 2. The maximum atomic E-state index is 14.8. The molecule has 2 aliphatic rings. The summed E-state index contributed by atoms with van der Waals surface area (Å²) in [5, 5.41) is 10.4. The lowest BCUT2D eigenvalue weighted by atomic mass is 9.64. The number of hydrogen-bond donors (Lipinski definition) is 1. The van der Waals surface area contributed by atoms with Crippen LogP contribution in [0.25, 0.3) is 11.4 Å². The number of nitrogens with one attached hydrogen (secondary N) is 1. The van der Waals surface area contributed by atoms with Crippen molar-refractivity contribution in [1.82, 2.24) is 25.1 Å². The van der Waals surface area contributed by atoms with Gasteiger partial charge in [-0.15, -0.1) is 10.2 Å². The third-order valence-electron chi connectivity index (χ3n) is 6.36. The van der Waals surface area contributed by atoms with Gasteiger partial charge in [0.25, 0.3) is 0 Å². The molecule has 0 spiro atoms. The van der Waals surface area contributed by atoms with Gasteiger partial charge in [-0.1, -0.05) is 6.92 Å². The third-order valence-corrected chi connectivity index (χ3v) is 6.36. The molecule has 12 heteroatoms. The molecule has 2 fully saturated rings. The molecular formula is C22H20F4N6O2. The number of piperidine rings is 1. The number of rotatable bonds is 3. The highest BCUT2D eigenvalue weighted by Crippen LogP contribution is 2.55. The van der Waals surface area contributed by atoms with Crippen LogP contribution in [0.3, 0.4) is 0 Å². The van der Waals surface area contributed by atoms with Crippen molar-refractivity contribution in [3.05, 3.63) is 53.8 Å². The van der Waals surface area contributed by atoms with Gasteiger partial charge in [0.15, 0.2) is 5.82 Å². The molecule has 2 amide bonds. The van der Waals surface area contributed by atoms with E-state index in [1.54, 1.807) is 6.92 Å². The van der Waals surface area contributed by atoms with Gasteiger partial charge in [0, 0.05) is 37.3 Å². The molecule has 3 aromatic rings. The summed E-state index contributed by atoms with van der Waals surface area (Å²) in [7, 11) is 0. The number of likely N-dealkylation sites (tertiary alicyclic amines) is 1. The molecule has 1 unspecified atom stereocenters. The van der Waals surface area contributed by atoms with E-state index in [4.69, 9.17) is 4.42 Å². The molecule has 1 aromatic carbocycles. The molecule has 34 heavy (non-hydrogen) atoms. The number of benzene rings is 1. The van der Waals surface area contributed by atoms with E-state index in [0.717, 1.165) is 12.5 Å². The zero-order chi connectivity index (χ0) is 24.3. The van der Waals surface area contributed by atoms with Gasteiger partial charge in [-0.05, 0) is 37.0 Å². The first kappa shape index (κ1) is 22.2. The third kappa shape index (κ3) is 3.57. The Kier molecular flexibility index (Phi) is 5.06. The number of halogens is 4. The molecule has 1 saturated carbocycles. The van der Waals surface area contributed by atoms with Gasteiger partial charge < -0.3 is 14.6 Å². The number of hydrogen-bond acceptors (Lipinski definition) is 6. The number of carbonyl (C=O) groups excluding carboxylic acids is 1. The van der Waals surface area contributed by atoms with E-state index in [1.807, 2.05) is 0 Å². The Bertz CT molecular complexity index is 1250. The van der Waals surface area contributed by atoms with Gasteiger partial charge >= 0.3 is 12.2 Å². The van der Waals surface area contributed by atoms with Gasteiger partial charge in [-0.25, -0.2) is 19.2 Å². The van der Waals surface area contributed by atoms with Gasteiger partial charge in [-0.3, -0.25) is 0 Å². The van der Waals surface area contributed by atoms with Crippen LogP contribution < -0.4 is 5.32 Å². The van der Waals surface area contributed by atoms with Crippen LogP contribution in [0.5, 0.6) is 0 Å². The summed E-state index contributed by atoms with van der Waals surface area (Å²) in [6.07, 6.45) is -0.350. The second kappa shape index (κ2) is 7.74. The van der Waals surface area contributed by atoms with E-state index >= 15 is 0 Å². The zero-order valence-electron chi connectivity index (χ0n) is 18.2. The fourth-order valence-electron chi connectivity index (χ4n) is 5.14. The number of aryl methyl sites for hydroxylation is 1. The number of aromatic nitrogens is 4. The first-order valence-electron chi connectivity index (χ1n) is 10.7. The van der Waals surface area contributed by atoms with Crippen molar-refractivity contribution in [3.63, 3.8) is 0 Å². The van der Waals surface area contributed by atoms with Crippen LogP contribution in [0.2, 0.25) is 0 Å². The first-order valence-corrected chi connectivity index (χ1v) is 10.7. The van der Waals surface area contributed by atoms with Crippen molar-refractivity contribution in [2.24, 2.45) is 5.92 Å². The van der Waals surface area contributed by atoms with Gasteiger partial charge in [0.05, 0.1) is 11.3 Å². The van der Waals surface area contributed by atoms with Crippen LogP contribution in [0.4, 0.5) is 28.0 Å². The van der Waals surface area contributed by atoms with E-state index in [9.17, 15) is 22.4 Å². The molecule has 2 aromatic heterocycles. The summed E-state index contributed by atoms with van der Waals surface area (Å²) in [4.78, 5) is 22.5. The molecule has 5 rings (SSSR count). The summed E-state index contributed by atoms with van der Waals surface area (Å²) < 4.78 is 61.2. The predicted octanol–water partition coefficient (Wildman–Crippen LogP) is 4.92. The molecule has 1 aliphatic carbocycles. The first-order chi connectivity index (χ1) is 16.1. The van der Waals surface area contributed by atoms with Crippen molar-refractivity contribution in [2.75, 3.05) is 5.32 Å². The molecule has 1 N–H and O–H groups in total. The van der Waals surface area contributed by atoms with Crippen LogP contribution >= 0.6 is 0 Å². The fraction of sp³-hybridized carbons (Fsp3) is 0.409. The number of anilines is 1. The van der Waals surface area contributed by atoms with Crippen LogP contribution in [0.1, 0.15) is 43.5 Å². The van der Waals surface area contributed by atoms with Crippen LogP contribution in [0, 0.1) is 18.7 Å². The maximum absolute atomic E-state index is 14.8. The Morgan fingerprint density at radius 3 is 2.59 bits per heavy atom. The van der Waals surface area contributed by atoms with E-state index < -0.39 is 40.4 Å². The topological polar surface area (TPSA) is 97.0 Å². The average Bonchev–Trinajstić information content (AvgIpc) is 3.21. The molecule has 178 valence electrons. The predicted molar refractivity (Wildman–Crippen MR) is 111 cm³/mol. The molecule has 1 aliphatic heterocycles. The number of nitrogens with zero attached hydrogens (tertiary/aromatic N) is 5. The standard InChI is InChI=1S/C22H20F4N6O2/c1-11-6-13-10-21(9-11,19-31-30-12(2)34-19)32(13)20(33)29-17-7-14(18-27-4-3-5-28-18)15(8-16(17)23)22(24,25)26/h3-5,7-8,11,13H,6,9-10H2,1-2H3,(H,29,33)/t11-,13-,21?/m1/s1. The summed E-state index contributed by atoms with van der Waals surface area (Å²) in [5.41, 5.74) is -2.91. The van der Waals surface area contributed by atoms with Crippen molar-refractivity contribution in [2.45, 2.75) is 50.9 Å². The minimum atomic E-state index is -4.84. The normalized spacial score (nSPS) is 24.0. The fourth-order valence-corrected chi connectivity index (χ4v) is 5.14. The molecular weight excluding hydrogens is 456 g/mol. The van der Waals surface area contributed by atoms with Crippen LogP contribution in [0.15, 0.2) is 35.0 Å². The van der Waals surface area contributed by atoms with Gasteiger partial charge in [0.1, 0.15) is 11.4 Å². The smallest absolute Gasteiger partial charge is 0.417 e. The van der Waals surface area contributed by atoms with E-state index in [2.05, 4.69) is 32.4 Å². The minimum absolute atomic E-state index is 0.134. The number of carbonyl (C=O) groups is 1. The molecule has 3 heterocycles. The lowest BCUT2D eigenvalue weighted by molar-refractivity contribution is -0.137. The number of amides is 2. The summed E-state index contributed by atoms with van der Waals surface area (Å²) in [6.45, 7) is 3.70. The Hall–Kier alpha value is -3.57. The molecule has 0 radical (unpaired) electrons. The summed E-state index contributed by atoms with van der Waals surface area (Å²) in [6, 6.07) is 1.92. The lowest BCUT2D eigenvalue weighted by Gasteiger charge is -2.61. The largest absolute Gasteiger partial charge is 0.423 e. The second-order valence-electron chi connectivity index (χ2n) is 8.81. The quantitative estimate of drug-likeness (QED) is 0.539. The molecule has 2 bridgehead atoms. The zero-order valence-corrected chi connectivity index (χ0v) is 18.2. The maximum Gasteiger partial charge on any atom is 0.417 e. The molecule has 1 saturated heterocycles. The Balaban J connectivity index is 1.50. The average molecular weight is 476 g/mol. The van der Waals surface area contributed by atoms with Crippen LogP contribution in [-0.2, 0) is 11.7 Å². The van der Waals surface area contributed by atoms with Crippen molar-refractivity contribution in [1.29, 1.82) is 0 Å². The summed E-state index contributed by atoms with van der Waals surface area (Å²) in [5.74, 6) is -0.513. The lowest BCUT2D eigenvalue weighted by Crippen LogP contribution is -2.70. The Morgan fingerprint density at radius 1 is 1.21 bits per heavy atom. The van der Waals surface area contributed by atoms with Gasteiger partial charge in [0.2, 0.25) is 11.8 Å². The van der Waals surface area contributed by atoms with E-state index in [1.165, 1.54) is 23.4 Å². The van der Waals surface area contributed by atoms with E-state index in [0.29, 0.717) is 36.6 Å². The van der Waals surface area contributed by atoms with Gasteiger partial charge in [-0.2, -0.15) is 13.2 Å². The Morgan fingerprint density at radius 2 is 1.94 bits per heavy atom. The number of alkyl halides is 3. The second-order valence-corrected chi connectivity index (χ2v) is 8.81. The number of urea groups is 1. The highest BCUT2D eigenvalue weighted by atomic mass is 19.4. The highest BCUT2D eigenvalue weighted by Gasteiger charge is 2.62. The van der Waals surface area contributed by atoms with Crippen molar-refractivity contribution in [3.8, 4) is 11.4 Å². The van der Waals surface area contributed by atoms with E-state index in [-0.39, 0.29) is 11.9 Å². The highest BCUT2D eigenvalue weighted by molar-refractivity contribution is 5.92. The summed E-state index contributed by atoms with van der Waals surface area (Å²) >= 11 is 0. The molecule has 8 nitrogen and oxygen atoms in total. The van der Waals surface area contributed by atoms with Crippen molar-refractivity contribution < 1.29 is 26.8 Å². The van der Waals surface area contributed by atoms with Crippen molar-refractivity contribution >= 4 is 11.7 Å². The SMILES string of the molecule is Cc1nnc(C23C[C@H](C)C[C@H](C2)N3C(=O)Nc2cc(-c3ncccn3)c(C(F)(F)F)cc2F)o1. The minimum Gasteiger partial charge on any atom is -0.423 e. The monoisotopic (exact) mass is 476 g/mol.